The lowest BCUT2D eigenvalue weighted by Crippen LogP contribution is -2.49. The summed E-state index contributed by atoms with van der Waals surface area (Å²) in [4.78, 5) is 2.64. The van der Waals surface area contributed by atoms with E-state index >= 15 is 0 Å². The predicted molar refractivity (Wildman–Crippen MR) is 81.1 cm³/mol. The van der Waals surface area contributed by atoms with Crippen LogP contribution in [0.15, 0.2) is 12.1 Å². The third-order valence-electron chi connectivity index (χ3n) is 5.20. The first-order valence-corrected chi connectivity index (χ1v) is 8.05. The van der Waals surface area contributed by atoms with Gasteiger partial charge in [-0.05, 0) is 54.4 Å². The summed E-state index contributed by atoms with van der Waals surface area (Å²) in [5.41, 5.74) is 6.75. The second-order valence-corrected chi connectivity index (χ2v) is 7.52. The minimum atomic E-state index is 0.404. The van der Waals surface area contributed by atoms with Crippen LogP contribution in [0.2, 0.25) is 0 Å². The minimum Gasteiger partial charge on any atom is -0.380 e. The van der Waals surface area contributed by atoms with Gasteiger partial charge in [0.05, 0.1) is 13.2 Å². The molecule has 0 unspecified atom stereocenters. The zero-order valence-electron chi connectivity index (χ0n) is 12.7. The van der Waals surface area contributed by atoms with Crippen LogP contribution in [0.3, 0.4) is 0 Å². The molecule has 2 fully saturated rings. The molecule has 2 aliphatic heterocycles. The maximum atomic E-state index is 5.40. The van der Waals surface area contributed by atoms with Gasteiger partial charge in [0, 0.05) is 25.0 Å². The molecule has 108 valence electrons. The molecule has 4 rings (SSSR count). The minimum absolute atomic E-state index is 0.404. The number of nitrogens with zero attached hydrogens (tertiary/aromatic N) is 1. The molecule has 3 aliphatic rings. The van der Waals surface area contributed by atoms with Crippen LogP contribution in [0.5, 0.6) is 0 Å². The Balaban J connectivity index is 1.53. The molecular formula is C18H25NO. The summed E-state index contributed by atoms with van der Waals surface area (Å²) >= 11 is 0. The van der Waals surface area contributed by atoms with E-state index in [9.17, 15) is 0 Å². The summed E-state index contributed by atoms with van der Waals surface area (Å²) in [6.07, 6.45) is 4.02. The number of hydrogen-bond donors (Lipinski definition) is 0. The van der Waals surface area contributed by atoms with E-state index in [1.54, 1.807) is 16.7 Å². The fraction of sp³-hybridized carbons (Fsp3) is 0.667. The van der Waals surface area contributed by atoms with Crippen LogP contribution in [0, 0.1) is 12.3 Å². The standard InChI is InChI=1S/C18H25NO/c1-13-7-15-5-6-19(10-18(2)11-20-12-18)9-16(15)8-17(13)14-3-4-14/h7-8,14H,3-6,9-12H2,1-2H3. The number of ether oxygens (including phenoxy) is 1. The van der Waals surface area contributed by atoms with Gasteiger partial charge in [-0.25, -0.2) is 0 Å². The molecule has 0 amide bonds. The largest absolute Gasteiger partial charge is 0.380 e. The van der Waals surface area contributed by atoms with Crippen LogP contribution in [0.1, 0.15) is 47.9 Å². The average Bonchev–Trinajstić information content (AvgIpc) is 3.21. The van der Waals surface area contributed by atoms with Gasteiger partial charge < -0.3 is 4.74 Å². The summed E-state index contributed by atoms with van der Waals surface area (Å²) in [6.45, 7) is 10.1. The van der Waals surface area contributed by atoms with E-state index in [0.29, 0.717) is 5.41 Å². The van der Waals surface area contributed by atoms with Crippen LogP contribution < -0.4 is 0 Å². The molecule has 0 atom stereocenters. The molecule has 0 radical (unpaired) electrons. The Morgan fingerprint density at radius 1 is 1.25 bits per heavy atom. The summed E-state index contributed by atoms with van der Waals surface area (Å²) in [5, 5.41) is 0. The number of hydrogen-bond acceptors (Lipinski definition) is 2. The van der Waals surface area contributed by atoms with Gasteiger partial charge in [-0.1, -0.05) is 19.1 Å². The number of benzene rings is 1. The molecule has 0 N–H and O–H groups in total. The van der Waals surface area contributed by atoms with E-state index in [2.05, 4.69) is 30.9 Å². The third-order valence-corrected chi connectivity index (χ3v) is 5.20. The molecule has 1 aromatic rings. The van der Waals surface area contributed by atoms with Gasteiger partial charge in [0.1, 0.15) is 0 Å². The van der Waals surface area contributed by atoms with Crippen molar-refractivity contribution < 1.29 is 4.74 Å². The Kier molecular flexibility index (Phi) is 2.94. The number of rotatable bonds is 3. The highest BCUT2D eigenvalue weighted by Crippen LogP contribution is 2.43. The first-order valence-electron chi connectivity index (χ1n) is 8.05. The summed E-state index contributed by atoms with van der Waals surface area (Å²) < 4.78 is 5.40. The van der Waals surface area contributed by atoms with E-state index in [4.69, 9.17) is 4.74 Å². The lowest BCUT2D eigenvalue weighted by molar-refractivity contribution is -0.116. The van der Waals surface area contributed by atoms with Gasteiger partial charge in [-0.3, -0.25) is 4.90 Å². The normalized spacial score (nSPS) is 25.1. The van der Waals surface area contributed by atoms with Crippen molar-refractivity contribution in [1.29, 1.82) is 0 Å². The predicted octanol–water partition coefficient (Wildman–Crippen LogP) is 3.27. The Hall–Kier alpha value is -0.860. The molecule has 1 saturated carbocycles. The lowest BCUT2D eigenvalue weighted by atomic mass is 9.86. The molecule has 2 heterocycles. The van der Waals surface area contributed by atoms with Gasteiger partial charge in [0.25, 0.3) is 0 Å². The van der Waals surface area contributed by atoms with Crippen LogP contribution in [-0.2, 0) is 17.7 Å². The fourth-order valence-corrected chi connectivity index (χ4v) is 3.86. The Labute approximate surface area is 122 Å². The fourth-order valence-electron chi connectivity index (χ4n) is 3.86. The molecular weight excluding hydrogens is 246 g/mol. The number of fused-ring (bicyclic) bond motifs is 1. The highest BCUT2D eigenvalue weighted by atomic mass is 16.5. The van der Waals surface area contributed by atoms with Crippen molar-refractivity contribution in [3.63, 3.8) is 0 Å². The third kappa shape index (κ3) is 2.29. The molecule has 2 heteroatoms. The lowest BCUT2D eigenvalue weighted by Gasteiger charge is -2.43. The molecule has 1 aliphatic carbocycles. The van der Waals surface area contributed by atoms with E-state index in [1.165, 1.54) is 37.9 Å². The summed E-state index contributed by atoms with van der Waals surface area (Å²) in [7, 11) is 0. The summed E-state index contributed by atoms with van der Waals surface area (Å²) in [6, 6.07) is 4.99. The molecule has 1 saturated heterocycles. The molecule has 0 aromatic heterocycles. The van der Waals surface area contributed by atoms with Gasteiger partial charge in [-0.2, -0.15) is 0 Å². The zero-order valence-corrected chi connectivity index (χ0v) is 12.7. The first kappa shape index (κ1) is 12.8. The smallest absolute Gasteiger partial charge is 0.0554 e. The Morgan fingerprint density at radius 3 is 2.70 bits per heavy atom. The molecule has 0 spiro atoms. The number of aryl methyl sites for hydroxylation is 1. The van der Waals surface area contributed by atoms with Crippen LogP contribution >= 0.6 is 0 Å². The highest BCUT2D eigenvalue weighted by Gasteiger charge is 2.36. The van der Waals surface area contributed by atoms with Crippen molar-refractivity contribution >= 4 is 0 Å². The van der Waals surface area contributed by atoms with Gasteiger partial charge in [-0.15, -0.1) is 0 Å². The quantitative estimate of drug-likeness (QED) is 0.836. The monoisotopic (exact) mass is 271 g/mol. The average molecular weight is 271 g/mol. The van der Waals surface area contributed by atoms with E-state index < -0.39 is 0 Å². The second-order valence-electron chi connectivity index (χ2n) is 7.52. The molecule has 2 nitrogen and oxygen atoms in total. The molecule has 1 aromatic carbocycles. The molecule has 0 bridgehead atoms. The van der Waals surface area contributed by atoms with E-state index in [-0.39, 0.29) is 0 Å². The SMILES string of the molecule is Cc1cc2c(cc1C1CC1)CN(CC1(C)COC1)CC2. The summed E-state index contributed by atoms with van der Waals surface area (Å²) in [5.74, 6) is 0.869. The van der Waals surface area contributed by atoms with Crippen molar-refractivity contribution in [3.8, 4) is 0 Å². The maximum Gasteiger partial charge on any atom is 0.0554 e. The second kappa shape index (κ2) is 4.57. The molecule has 20 heavy (non-hydrogen) atoms. The van der Waals surface area contributed by atoms with Crippen LogP contribution in [0.25, 0.3) is 0 Å². The van der Waals surface area contributed by atoms with Crippen molar-refractivity contribution in [1.82, 2.24) is 4.90 Å². The van der Waals surface area contributed by atoms with Gasteiger partial charge in [0.2, 0.25) is 0 Å². The zero-order chi connectivity index (χ0) is 13.7. The van der Waals surface area contributed by atoms with Gasteiger partial charge in [0.15, 0.2) is 0 Å². The van der Waals surface area contributed by atoms with Gasteiger partial charge >= 0.3 is 0 Å². The van der Waals surface area contributed by atoms with E-state index in [0.717, 1.165) is 25.7 Å². The van der Waals surface area contributed by atoms with Crippen molar-refractivity contribution in [2.24, 2.45) is 5.41 Å². The van der Waals surface area contributed by atoms with Crippen LogP contribution in [-0.4, -0.2) is 31.2 Å². The first-order chi connectivity index (χ1) is 9.63. The maximum absolute atomic E-state index is 5.40. The van der Waals surface area contributed by atoms with Crippen molar-refractivity contribution in [2.75, 3.05) is 26.3 Å². The van der Waals surface area contributed by atoms with E-state index in [1.807, 2.05) is 0 Å². The van der Waals surface area contributed by atoms with Crippen molar-refractivity contribution in [3.05, 3.63) is 34.4 Å². The highest BCUT2D eigenvalue weighted by molar-refractivity contribution is 5.42. The Bertz CT molecular complexity index is 528. The van der Waals surface area contributed by atoms with Crippen LogP contribution in [0.4, 0.5) is 0 Å². The topological polar surface area (TPSA) is 12.5 Å². The Morgan fingerprint density at radius 2 is 2.05 bits per heavy atom. The van der Waals surface area contributed by atoms with Crippen molar-refractivity contribution in [2.45, 2.75) is 45.6 Å².